The number of hydrogen-bond donors (Lipinski definition) is 1. The highest BCUT2D eigenvalue weighted by Crippen LogP contribution is 2.32. The molecule has 126 valence electrons. The molecule has 2 aromatic rings. The summed E-state index contributed by atoms with van der Waals surface area (Å²) in [6, 6.07) is 6.20. The normalized spacial score (nSPS) is 20.8. The summed E-state index contributed by atoms with van der Waals surface area (Å²) in [5.41, 5.74) is 0.834. The highest BCUT2D eigenvalue weighted by Gasteiger charge is 2.41. The third-order valence-electron chi connectivity index (χ3n) is 4.78. The van der Waals surface area contributed by atoms with Gasteiger partial charge in [0.15, 0.2) is 5.65 Å². The molecule has 0 aromatic carbocycles. The van der Waals surface area contributed by atoms with Gasteiger partial charge in [-0.15, -0.1) is 10.2 Å². The minimum absolute atomic E-state index is 0.00222. The van der Waals surface area contributed by atoms with Crippen LogP contribution >= 0.6 is 0 Å². The number of pyridine rings is 1. The first kappa shape index (κ1) is 15.1. The number of amides is 2. The van der Waals surface area contributed by atoms with Crippen LogP contribution in [0.5, 0.6) is 0 Å². The molecule has 0 unspecified atom stereocenters. The molecule has 7 heteroatoms. The van der Waals surface area contributed by atoms with Crippen LogP contribution in [0.25, 0.3) is 5.65 Å². The number of carbonyl (C=O) groups excluding carboxylic acids is 2. The van der Waals surface area contributed by atoms with Crippen molar-refractivity contribution in [2.75, 3.05) is 13.1 Å². The van der Waals surface area contributed by atoms with E-state index in [0.29, 0.717) is 25.6 Å². The summed E-state index contributed by atoms with van der Waals surface area (Å²) in [4.78, 5) is 26.0. The molecule has 4 rings (SSSR count). The Morgan fingerprint density at radius 2 is 2.17 bits per heavy atom. The van der Waals surface area contributed by atoms with E-state index in [0.717, 1.165) is 37.2 Å². The average molecular weight is 327 g/mol. The Labute approximate surface area is 140 Å². The van der Waals surface area contributed by atoms with Crippen molar-refractivity contribution in [2.24, 2.45) is 5.92 Å². The summed E-state index contributed by atoms with van der Waals surface area (Å²) < 4.78 is 1.96. The van der Waals surface area contributed by atoms with E-state index < -0.39 is 0 Å². The summed E-state index contributed by atoms with van der Waals surface area (Å²) in [6.07, 6.45) is 6.04. The van der Waals surface area contributed by atoms with Crippen molar-refractivity contribution in [1.29, 1.82) is 0 Å². The molecular formula is C17H21N5O2. The zero-order valence-electron chi connectivity index (χ0n) is 13.5. The number of hydrogen-bond acceptors (Lipinski definition) is 4. The second-order valence-electron chi connectivity index (χ2n) is 6.62. The molecule has 1 saturated heterocycles. The maximum Gasteiger partial charge on any atom is 0.225 e. The van der Waals surface area contributed by atoms with Gasteiger partial charge in [0.25, 0.3) is 0 Å². The fourth-order valence-corrected chi connectivity index (χ4v) is 3.31. The summed E-state index contributed by atoms with van der Waals surface area (Å²) >= 11 is 0. The van der Waals surface area contributed by atoms with Crippen LogP contribution in [0.15, 0.2) is 24.4 Å². The lowest BCUT2D eigenvalue weighted by molar-refractivity contribution is -0.129. The molecule has 0 spiro atoms. The highest BCUT2D eigenvalue weighted by atomic mass is 16.2. The van der Waals surface area contributed by atoms with Crippen LogP contribution in [0.1, 0.15) is 31.5 Å². The quantitative estimate of drug-likeness (QED) is 0.796. The maximum absolute atomic E-state index is 12.2. The topological polar surface area (TPSA) is 79.6 Å². The Bertz CT molecular complexity index is 767. The summed E-state index contributed by atoms with van der Waals surface area (Å²) in [5.74, 6) is 0.841. The Balaban J connectivity index is 1.24. The molecule has 2 fully saturated rings. The lowest BCUT2D eigenvalue weighted by Gasteiger charge is -2.15. The van der Waals surface area contributed by atoms with E-state index in [9.17, 15) is 9.59 Å². The van der Waals surface area contributed by atoms with Crippen LogP contribution in [-0.4, -0.2) is 50.4 Å². The first-order valence-corrected chi connectivity index (χ1v) is 8.58. The van der Waals surface area contributed by atoms with Gasteiger partial charge in [-0.3, -0.25) is 14.0 Å². The molecule has 2 aliphatic rings. The van der Waals surface area contributed by atoms with Crippen LogP contribution < -0.4 is 5.32 Å². The molecule has 1 N–H and O–H groups in total. The largest absolute Gasteiger partial charge is 0.356 e. The van der Waals surface area contributed by atoms with Crippen LogP contribution in [0.3, 0.4) is 0 Å². The van der Waals surface area contributed by atoms with E-state index in [1.54, 1.807) is 0 Å². The number of aromatic nitrogens is 3. The average Bonchev–Trinajstić information content (AvgIpc) is 3.24. The van der Waals surface area contributed by atoms with Crippen molar-refractivity contribution in [3.63, 3.8) is 0 Å². The number of likely N-dealkylation sites (tertiary alicyclic amines) is 1. The first-order chi connectivity index (χ1) is 11.7. The third kappa shape index (κ3) is 2.98. The van der Waals surface area contributed by atoms with Crippen LogP contribution in [0, 0.1) is 5.92 Å². The number of nitrogens with one attached hydrogen (secondary N) is 1. The Kier molecular flexibility index (Phi) is 3.92. The van der Waals surface area contributed by atoms with Gasteiger partial charge in [-0.2, -0.15) is 0 Å². The van der Waals surface area contributed by atoms with Gasteiger partial charge in [-0.05, 0) is 31.4 Å². The zero-order valence-corrected chi connectivity index (χ0v) is 13.5. The van der Waals surface area contributed by atoms with Gasteiger partial charge in [0.2, 0.25) is 11.8 Å². The van der Waals surface area contributed by atoms with E-state index in [-0.39, 0.29) is 17.7 Å². The van der Waals surface area contributed by atoms with Gasteiger partial charge in [-0.25, -0.2) is 0 Å². The number of carbonyl (C=O) groups is 2. The van der Waals surface area contributed by atoms with Crippen molar-refractivity contribution in [3.05, 3.63) is 30.2 Å². The molecule has 2 amide bonds. The fourth-order valence-electron chi connectivity index (χ4n) is 3.31. The molecule has 1 aliphatic carbocycles. The maximum atomic E-state index is 12.2. The SMILES string of the molecule is O=C(NCCCc1nnc2ccccn12)[C@H]1CC(=O)N(C2CC2)C1. The lowest BCUT2D eigenvalue weighted by atomic mass is 10.1. The molecule has 0 radical (unpaired) electrons. The predicted octanol–water partition coefficient (Wildman–Crippen LogP) is 0.789. The first-order valence-electron chi connectivity index (χ1n) is 8.58. The number of rotatable bonds is 6. The van der Waals surface area contributed by atoms with E-state index in [1.165, 1.54) is 0 Å². The van der Waals surface area contributed by atoms with E-state index in [4.69, 9.17) is 0 Å². The van der Waals surface area contributed by atoms with Gasteiger partial charge in [0.1, 0.15) is 5.82 Å². The summed E-state index contributed by atoms with van der Waals surface area (Å²) in [7, 11) is 0. The van der Waals surface area contributed by atoms with Gasteiger partial charge in [0.05, 0.1) is 5.92 Å². The van der Waals surface area contributed by atoms with Gasteiger partial charge >= 0.3 is 0 Å². The predicted molar refractivity (Wildman–Crippen MR) is 87.2 cm³/mol. The minimum Gasteiger partial charge on any atom is -0.356 e. The zero-order chi connectivity index (χ0) is 16.5. The second-order valence-corrected chi connectivity index (χ2v) is 6.62. The Hall–Kier alpha value is -2.44. The molecule has 7 nitrogen and oxygen atoms in total. The van der Waals surface area contributed by atoms with Gasteiger partial charge in [-0.1, -0.05) is 6.07 Å². The minimum atomic E-state index is -0.188. The Morgan fingerprint density at radius 1 is 1.29 bits per heavy atom. The van der Waals surface area contributed by atoms with Crippen LogP contribution in [0.4, 0.5) is 0 Å². The summed E-state index contributed by atoms with van der Waals surface area (Å²) in [5, 5.41) is 11.3. The van der Waals surface area contributed by atoms with E-state index in [2.05, 4.69) is 15.5 Å². The van der Waals surface area contributed by atoms with Gasteiger partial charge < -0.3 is 10.2 Å². The molecule has 3 heterocycles. The van der Waals surface area contributed by atoms with E-state index >= 15 is 0 Å². The van der Waals surface area contributed by atoms with Crippen LogP contribution in [-0.2, 0) is 16.0 Å². The van der Waals surface area contributed by atoms with Crippen molar-refractivity contribution < 1.29 is 9.59 Å². The van der Waals surface area contributed by atoms with Gasteiger partial charge in [0, 0.05) is 38.2 Å². The Morgan fingerprint density at radius 3 is 3.00 bits per heavy atom. The molecule has 0 bridgehead atoms. The van der Waals surface area contributed by atoms with E-state index in [1.807, 2.05) is 33.7 Å². The smallest absolute Gasteiger partial charge is 0.225 e. The van der Waals surface area contributed by atoms with Crippen LogP contribution in [0.2, 0.25) is 0 Å². The summed E-state index contributed by atoms with van der Waals surface area (Å²) in [6.45, 7) is 1.18. The highest BCUT2D eigenvalue weighted by molar-refractivity contribution is 5.89. The van der Waals surface area contributed by atoms with Crippen molar-refractivity contribution >= 4 is 17.5 Å². The van der Waals surface area contributed by atoms with Crippen molar-refractivity contribution in [3.8, 4) is 0 Å². The molecule has 1 atom stereocenters. The van der Waals surface area contributed by atoms with Crippen molar-refractivity contribution in [2.45, 2.75) is 38.1 Å². The molecule has 1 saturated carbocycles. The standard InChI is InChI=1S/C17H21N5O2/c23-16-10-12(11-22(16)13-6-7-13)17(24)18-8-3-5-15-20-19-14-4-1-2-9-21(14)15/h1-2,4,9,12-13H,3,5-8,10-11H2,(H,18,24)/t12-/m0/s1. The monoisotopic (exact) mass is 327 g/mol. The third-order valence-corrected chi connectivity index (χ3v) is 4.78. The molecule has 1 aliphatic heterocycles. The fraction of sp³-hybridized carbons (Fsp3) is 0.529. The number of aryl methyl sites for hydroxylation is 1. The molecule has 24 heavy (non-hydrogen) atoms. The lowest BCUT2D eigenvalue weighted by Crippen LogP contribution is -2.34. The number of fused-ring (bicyclic) bond motifs is 1. The molecular weight excluding hydrogens is 306 g/mol. The second kappa shape index (κ2) is 6.22. The number of nitrogens with zero attached hydrogens (tertiary/aromatic N) is 4. The molecule has 2 aromatic heterocycles. The van der Waals surface area contributed by atoms with Crippen molar-refractivity contribution in [1.82, 2.24) is 24.8 Å².